The molecule has 0 aliphatic heterocycles. The van der Waals surface area contributed by atoms with Crippen molar-refractivity contribution in [2.24, 2.45) is 0 Å². The van der Waals surface area contributed by atoms with Crippen molar-refractivity contribution in [2.45, 2.75) is 13.5 Å². The maximum atomic E-state index is 12.6. The fraction of sp³-hybridized carbons (Fsp3) is 0.143. The maximum Gasteiger partial charge on any atom is 0.339 e. The lowest BCUT2D eigenvalue weighted by molar-refractivity contribution is 0.0602. The molecule has 0 atom stereocenters. The van der Waals surface area contributed by atoms with Crippen LogP contribution in [0, 0.1) is 6.92 Å². The molecule has 3 rings (SSSR count). The summed E-state index contributed by atoms with van der Waals surface area (Å²) >= 11 is 0. The van der Waals surface area contributed by atoms with Crippen molar-refractivity contribution in [3.05, 3.63) is 83.2 Å². The van der Waals surface area contributed by atoms with E-state index in [9.17, 15) is 9.59 Å². The van der Waals surface area contributed by atoms with Gasteiger partial charge in [0.25, 0.3) is 5.91 Å². The summed E-state index contributed by atoms with van der Waals surface area (Å²) in [6.45, 7) is 2.57. The van der Waals surface area contributed by atoms with Crippen LogP contribution in [-0.2, 0) is 11.3 Å². The normalized spacial score (nSPS) is 10.2. The number of nitrogens with one attached hydrogen (secondary N) is 2. The number of aromatic nitrogens is 2. The van der Waals surface area contributed by atoms with Crippen molar-refractivity contribution in [1.29, 1.82) is 0 Å². The van der Waals surface area contributed by atoms with Crippen molar-refractivity contribution < 1.29 is 14.3 Å². The van der Waals surface area contributed by atoms with Crippen LogP contribution < -0.4 is 10.6 Å². The first-order chi connectivity index (χ1) is 13.6. The number of aryl methyl sites for hydroxylation is 1. The fourth-order valence-electron chi connectivity index (χ4n) is 2.52. The first kappa shape index (κ1) is 19.0. The molecule has 0 bridgehead atoms. The Labute approximate surface area is 162 Å². The number of carbonyl (C=O) groups is 2. The van der Waals surface area contributed by atoms with Crippen molar-refractivity contribution in [2.75, 3.05) is 17.7 Å². The molecule has 1 aromatic heterocycles. The van der Waals surface area contributed by atoms with E-state index < -0.39 is 11.9 Å². The number of benzene rings is 2. The van der Waals surface area contributed by atoms with Gasteiger partial charge in [0.05, 0.1) is 18.4 Å². The highest BCUT2D eigenvalue weighted by Gasteiger charge is 2.15. The van der Waals surface area contributed by atoms with Crippen molar-refractivity contribution in [3.63, 3.8) is 0 Å². The molecule has 0 fully saturated rings. The van der Waals surface area contributed by atoms with Gasteiger partial charge in [0.1, 0.15) is 5.69 Å². The number of hydrogen-bond donors (Lipinski definition) is 2. The lowest BCUT2D eigenvalue weighted by atomic mass is 10.1. The van der Waals surface area contributed by atoms with Crippen LogP contribution in [0.25, 0.3) is 0 Å². The van der Waals surface area contributed by atoms with Gasteiger partial charge in [-0.05, 0) is 30.7 Å². The van der Waals surface area contributed by atoms with E-state index in [-0.39, 0.29) is 11.3 Å². The maximum absolute atomic E-state index is 12.6. The first-order valence-electron chi connectivity index (χ1n) is 8.68. The molecule has 142 valence electrons. The quantitative estimate of drug-likeness (QED) is 0.640. The summed E-state index contributed by atoms with van der Waals surface area (Å²) in [6, 6.07) is 16.2. The van der Waals surface area contributed by atoms with Gasteiger partial charge in [-0.3, -0.25) is 4.79 Å². The Morgan fingerprint density at radius 3 is 2.54 bits per heavy atom. The van der Waals surface area contributed by atoms with E-state index in [0.29, 0.717) is 18.2 Å². The molecule has 7 nitrogen and oxygen atoms in total. The summed E-state index contributed by atoms with van der Waals surface area (Å²) in [5, 5.41) is 5.79. The third kappa shape index (κ3) is 4.70. The number of methoxy groups -OCH3 is 1. The minimum Gasteiger partial charge on any atom is -0.465 e. The minimum absolute atomic E-state index is 0.182. The lowest BCUT2D eigenvalue weighted by Gasteiger charge is -2.10. The van der Waals surface area contributed by atoms with Crippen molar-refractivity contribution in [3.8, 4) is 0 Å². The molecule has 1 heterocycles. The Hall–Kier alpha value is -3.74. The van der Waals surface area contributed by atoms with Crippen molar-refractivity contribution in [1.82, 2.24) is 9.97 Å². The van der Waals surface area contributed by atoms with Gasteiger partial charge in [0, 0.05) is 12.7 Å². The summed E-state index contributed by atoms with van der Waals surface area (Å²) in [5.41, 5.74) is 3.07. The zero-order valence-corrected chi connectivity index (χ0v) is 15.6. The number of amides is 1. The van der Waals surface area contributed by atoms with Gasteiger partial charge >= 0.3 is 5.97 Å². The van der Waals surface area contributed by atoms with E-state index >= 15 is 0 Å². The molecule has 2 aromatic carbocycles. The zero-order valence-electron chi connectivity index (χ0n) is 15.6. The number of para-hydroxylation sites is 1. The Bertz CT molecular complexity index is 987. The van der Waals surface area contributed by atoms with E-state index in [4.69, 9.17) is 4.74 Å². The van der Waals surface area contributed by atoms with Crippen LogP contribution in [0.1, 0.15) is 32.0 Å². The van der Waals surface area contributed by atoms with Gasteiger partial charge in [-0.15, -0.1) is 0 Å². The van der Waals surface area contributed by atoms with E-state index in [0.717, 1.165) is 5.56 Å². The van der Waals surface area contributed by atoms with E-state index in [1.807, 2.05) is 31.2 Å². The zero-order chi connectivity index (χ0) is 19.9. The average molecular weight is 376 g/mol. The molecule has 0 unspecified atom stereocenters. The van der Waals surface area contributed by atoms with Gasteiger partial charge in [-0.2, -0.15) is 0 Å². The second-order valence-electron chi connectivity index (χ2n) is 6.10. The molecule has 28 heavy (non-hydrogen) atoms. The Kier molecular flexibility index (Phi) is 5.96. The third-order valence-corrected chi connectivity index (χ3v) is 4.04. The molecule has 3 aromatic rings. The largest absolute Gasteiger partial charge is 0.465 e. The lowest BCUT2D eigenvalue weighted by Crippen LogP contribution is -2.17. The van der Waals surface area contributed by atoms with Gasteiger partial charge in [0.15, 0.2) is 0 Å². The topological polar surface area (TPSA) is 93.2 Å². The molecule has 0 aliphatic rings. The van der Waals surface area contributed by atoms with Crippen LogP contribution in [0.5, 0.6) is 0 Å². The Morgan fingerprint density at radius 1 is 1.04 bits per heavy atom. The number of hydrogen-bond acceptors (Lipinski definition) is 6. The molecule has 0 spiro atoms. The molecule has 7 heteroatoms. The van der Waals surface area contributed by atoms with Crippen LogP contribution in [-0.4, -0.2) is 29.0 Å². The SMILES string of the molecule is COC(=O)c1ccccc1NC(=O)c1ccnc(NCc2ccc(C)cc2)n1. The fourth-order valence-corrected chi connectivity index (χ4v) is 2.52. The summed E-state index contributed by atoms with van der Waals surface area (Å²) < 4.78 is 4.74. The standard InChI is InChI=1S/C21H20N4O3/c1-14-7-9-15(10-8-14)13-23-21-22-12-11-18(25-21)19(26)24-17-6-4-3-5-16(17)20(27)28-2/h3-12H,13H2,1-2H3,(H,24,26)(H,22,23,25). The average Bonchev–Trinajstić information content (AvgIpc) is 2.73. The molecule has 0 aliphatic carbocycles. The van der Waals surface area contributed by atoms with E-state index in [1.165, 1.54) is 24.9 Å². The summed E-state index contributed by atoms with van der Waals surface area (Å²) in [6.07, 6.45) is 1.51. The summed E-state index contributed by atoms with van der Waals surface area (Å²) in [7, 11) is 1.29. The van der Waals surface area contributed by atoms with Crippen LogP contribution in [0.4, 0.5) is 11.6 Å². The van der Waals surface area contributed by atoms with E-state index in [1.54, 1.807) is 24.3 Å². The number of carbonyl (C=O) groups excluding carboxylic acids is 2. The number of ether oxygens (including phenoxy) is 1. The minimum atomic E-state index is -0.529. The van der Waals surface area contributed by atoms with Crippen LogP contribution in [0.2, 0.25) is 0 Å². The second kappa shape index (κ2) is 8.77. The second-order valence-corrected chi connectivity index (χ2v) is 6.10. The van der Waals surface area contributed by atoms with Crippen LogP contribution in [0.15, 0.2) is 60.8 Å². The molecule has 2 N–H and O–H groups in total. The molecular weight excluding hydrogens is 356 g/mol. The highest BCUT2D eigenvalue weighted by atomic mass is 16.5. The number of nitrogens with zero attached hydrogens (tertiary/aromatic N) is 2. The van der Waals surface area contributed by atoms with Gasteiger partial charge in [-0.25, -0.2) is 14.8 Å². The van der Waals surface area contributed by atoms with Gasteiger partial charge in [0.2, 0.25) is 5.95 Å². The number of esters is 1. The Balaban J connectivity index is 1.70. The molecule has 0 radical (unpaired) electrons. The monoisotopic (exact) mass is 376 g/mol. The molecule has 0 saturated carbocycles. The van der Waals surface area contributed by atoms with Crippen LogP contribution >= 0.6 is 0 Å². The number of anilines is 2. The number of rotatable bonds is 6. The van der Waals surface area contributed by atoms with Crippen LogP contribution in [0.3, 0.4) is 0 Å². The van der Waals surface area contributed by atoms with E-state index in [2.05, 4.69) is 20.6 Å². The molecular formula is C21H20N4O3. The predicted molar refractivity (Wildman–Crippen MR) is 106 cm³/mol. The molecule has 1 amide bonds. The first-order valence-corrected chi connectivity index (χ1v) is 8.68. The highest BCUT2D eigenvalue weighted by molar-refractivity contribution is 6.07. The molecule has 0 saturated heterocycles. The van der Waals surface area contributed by atoms with Gasteiger partial charge in [-0.1, -0.05) is 42.0 Å². The highest BCUT2D eigenvalue weighted by Crippen LogP contribution is 2.17. The van der Waals surface area contributed by atoms with Gasteiger partial charge < -0.3 is 15.4 Å². The predicted octanol–water partition coefficient (Wildman–Crippen LogP) is 3.44. The van der Waals surface area contributed by atoms with Crippen molar-refractivity contribution >= 4 is 23.5 Å². The summed E-state index contributed by atoms with van der Waals surface area (Å²) in [5.74, 6) is -0.634. The summed E-state index contributed by atoms with van der Waals surface area (Å²) in [4.78, 5) is 32.8. The Morgan fingerprint density at radius 2 is 1.79 bits per heavy atom. The smallest absolute Gasteiger partial charge is 0.339 e. The third-order valence-electron chi connectivity index (χ3n) is 4.04.